The third-order valence-electron chi connectivity index (χ3n) is 4.53. The first kappa shape index (κ1) is 15.5. The highest BCUT2D eigenvalue weighted by molar-refractivity contribution is 5.97. The smallest absolute Gasteiger partial charge is 0.265 e. The third-order valence-corrected chi connectivity index (χ3v) is 4.53. The zero-order chi connectivity index (χ0) is 15.5. The topological polar surface area (TPSA) is 84.2 Å². The molecule has 0 heterocycles. The number of nitrogens with two attached hydrogens (primary N) is 1. The van der Waals surface area contributed by atoms with Gasteiger partial charge in [-0.25, -0.2) is 5.84 Å². The van der Waals surface area contributed by atoms with Gasteiger partial charge < -0.3 is 5.32 Å². The maximum atomic E-state index is 12.1. The van der Waals surface area contributed by atoms with Crippen molar-refractivity contribution in [2.45, 2.75) is 33.1 Å². The molecule has 1 aliphatic carbocycles. The van der Waals surface area contributed by atoms with Gasteiger partial charge in [0.25, 0.3) is 11.8 Å². The molecule has 0 radical (unpaired) electrons. The second-order valence-electron chi connectivity index (χ2n) is 6.34. The summed E-state index contributed by atoms with van der Waals surface area (Å²) in [6, 6.07) is 6.46. The minimum absolute atomic E-state index is 0.0996. The van der Waals surface area contributed by atoms with E-state index >= 15 is 0 Å². The first-order valence-electron chi connectivity index (χ1n) is 7.33. The highest BCUT2D eigenvalue weighted by Gasteiger charge is 2.34. The number of benzene rings is 1. The molecule has 2 rings (SSSR count). The second-order valence-corrected chi connectivity index (χ2v) is 6.34. The van der Waals surface area contributed by atoms with E-state index in [0.717, 1.165) is 0 Å². The molecular weight excluding hydrogens is 266 g/mol. The van der Waals surface area contributed by atoms with E-state index in [4.69, 9.17) is 5.84 Å². The molecule has 0 bridgehead atoms. The van der Waals surface area contributed by atoms with Gasteiger partial charge in [-0.05, 0) is 48.4 Å². The molecule has 1 aliphatic rings. The summed E-state index contributed by atoms with van der Waals surface area (Å²) in [4.78, 5) is 23.5. The molecule has 5 heteroatoms. The van der Waals surface area contributed by atoms with E-state index in [-0.39, 0.29) is 11.8 Å². The van der Waals surface area contributed by atoms with Gasteiger partial charge in [-0.15, -0.1) is 0 Å². The van der Waals surface area contributed by atoms with Gasteiger partial charge in [0.15, 0.2) is 0 Å². The van der Waals surface area contributed by atoms with Gasteiger partial charge in [-0.3, -0.25) is 15.0 Å². The normalized spacial score (nSPS) is 20.0. The predicted octanol–water partition coefficient (Wildman–Crippen LogP) is 1.85. The summed E-state index contributed by atoms with van der Waals surface area (Å²) in [6.45, 7) is 5.23. The van der Waals surface area contributed by atoms with E-state index in [1.54, 1.807) is 24.3 Å². The van der Waals surface area contributed by atoms with Crippen LogP contribution in [0.1, 0.15) is 53.8 Å². The van der Waals surface area contributed by atoms with Crippen LogP contribution in [0.2, 0.25) is 0 Å². The summed E-state index contributed by atoms with van der Waals surface area (Å²) < 4.78 is 0. The summed E-state index contributed by atoms with van der Waals surface area (Å²) in [6.07, 6.45) is 3.62. The van der Waals surface area contributed by atoms with Gasteiger partial charge in [-0.2, -0.15) is 0 Å². The number of hydrogen-bond donors (Lipinski definition) is 3. The Bertz CT molecular complexity index is 523. The molecular formula is C16H23N3O2. The Morgan fingerprint density at radius 3 is 2.24 bits per heavy atom. The number of nitrogen functional groups attached to an aromatic ring is 1. The van der Waals surface area contributed by atoms with Crippen molar-refractivity contribution in [1.82, 2.24) is 10.7 Å². The van der Waals surface area contributed by atoms with Crippen LogP contribution in [0.4, 0.5) is 0 Å². The summed E-state index contributed by atoms with van der Waals surface area (Å²) in [5, 5.41) is 3.00. The van der Waals surface area contributed by atoms with Crippen LogP contribution in [0.25, 0.3) is 0 Å². The van der Waals surface area contributed by atoms with Crippen LogP contribution in [0.3, 0.4) is 0 Å². The molecule has 1 aromatic rings. The monoisotopic (exact) mass is 289 g/mol. The van der Waals surface area contributed by atoms with E-state index in [0.29, 0.717) is 29.0 Å². The van der Waals surface area contributed by atoms with E-state index in [9.17, 15) is 9.59 Å². The van der Waals surface area contributed by atoms with Crippen molar-refractivity contribution in [2.75, 3.05) is 6.54 Å². The second kappa shape index (κ2) is 6.26. The number of nitrogens with one attached hydrogen (secondary N) is 2. The lowest BCUT2D eigenvalue weighted by Gasteiger charge is -2.27. The van der Waals surface area contributed by atoms with Crippen molar-refractivity contribution in [2.24, 2.45) is 17.2 Å². The molecule has 1 saturated carbocycles. The maximum absolute atomic E-state index is 12.1. The molecule has 0 aliphatic heterocycles. The van der Waals surface area contributed by atoms with Crippen molar-refractivity contribution in [1.29, 1.82) is 0 Å². The lowest BCUT2D eigenvalue weighted by molar-refractivity contribution is 0.0930. The Balaban J connectivity index is 1.93. The molecule has 4 N–H and O–H groups in total. The quantitative estimate of drug-likeness (QED) is 0.449. The van der Waals surface area contributed by atoms with Crippen LogP contribution >= 0.6 is 0 Å². The summed E-state index contributed by atoms with van der Waals surface area (Å²) >= 11 is 0. The highest BCUT2D eigenvalue weighted by atomic mass is 16.2. The third kappa shape index (κ3) is 3.61. The number of carbonyl (C=O) groups excluding carboxylic acids is 2. The summed E-state index contributed by atoms with van der Waals surface area (Å²) in [5.74, 6) is 5.13. The molecule has 2 amide bonds. The number of amides is 2. The van der Waals surface area contributed by atoms with Crippen molar-refractivity contribution >= 4 is 11.8 Å². The maximum Gasteiger partial charge on any atom is 0.265 e. The van der Waals surface area contributed by atoms with Gasteiger partial charge in [0.05, 0.1) is 0 Å². The highest BCUT2D eigenvalue weighted by Crippen LogP contribution is 2.41. The summed E-state index contributed by atoms with van der Waals surface area (Å²) in [5.41, 5.74) is 3.35. The fraction of sp³-hybridized carbons (Fsp3) is 0.500. The molecule has 0 unspecified atom stereocenters. The van der Waals surface area contributed by atoms with Crippen molar-refractivity contribution in [3.8, 4) is 0 Å². The number of carbonyl (C=O) groups is 2. The fourth-order valence-corrected chi connectivity index (χ4v) is 2.95. The molecule has 1 aromatic carbocycles. The molecule has 0 saturated heterocycles. The first-order chi connectivity index (χ1) is 9.94. The number of rotatable bonds is 4. The van der Waals surface area contributed by atoms with Crippen LogP contribution in [0.15, 0.2) is 24.3 Å². The van der Waals surface area contributed by atoms with Crippen LogP contribution in [-0.4, -0.2) is 18.4 Å². The predicted molar refractivity (Wildman–Crippen MR) is 81.6 cm³/mol. The minimum Gasteiger partial charge on any atom is -0.352 e. The van der Waals surface area contributed by atoms with Crippen molar-refractivity contribution in [3.63, 3.8) is 0 Å². The van der Waals surface area contributed by atoms with E-state index in [1.807, 2.05) is 0 Å². The van der Waals surface area contributed by atoms with Crippen LogP contribution in [0.5, 0.6) is 0 Å². The average molecular weight is 289 g/mol. The minimum atomic E-state index is -0.366. The van der Waals surface area contributed by atoms with E-state index in [2.05, 4.69) is 24.6 Å². The molecule has 5 nitrogen and oxygen atoms in total. The SMILES string of the molecule is CC1(C)CCC[C@H]1CNC(=O)c1ccc(C(=O)NN)cc1. The molecule has 0 aromatic heterocycles. The van der Waals surface area contributed by atoms with E-state index in [1.165, 1.54) is 19.3 Å². The molecule has 0 spiro atoms. The number of hydrazine groups is 1. The lowest BCUT2D eigenvalue weighted by Crippen LogP contribution is -2.33. The zero-order valence-corrected chi connectivity index (χ0v) is 12.6. The van der Waals surface area contributed by atoms with Gasteiger partial charge in [0.1, 0.15) is 0 Å². The Labute approximate surface area is 125 Å². The Morgan fingerprint density at radius 2 is 1.76 bits per heavy atom. The lowest BCUT2D eigenvalue weighted by atomic mass is 9.82. The number of hydrogen-bond acceptors (Lipinski definition) is 3. The standard InChI is InChI=1S/C16H23N3O2/c1-16(2)9-3-4-13(16)10-18-14(20)11-5-7-12(8-6-11)15(21)19-17/h5-8,13H,3-4,9-10,17H2,1-2H3,(H,18,20)(H,19,21)/t13-/m0/s1. The Hall–Kier alpha value is -1.88. The molecule has 21 heavy (non-hydrogen) atoms. The fourth-order valence-electron chi connectivity index (χ4n) is 2.95. The molecule has 1 fully saturated rings. The molecule has 1 atom stereocenters. The van der Waals surface area contributed by atoms with Crippen LogP contribution in [-0.2, 0) is 0 Å². The van der Waals surface area contributed by atoms with E-state index < -0.39 is 0 Å². The average Bonchev–Trinajstić information content (AvgIpc) is 2.82. The Morgan fingerprint density at radius 1 is 1.19 bits per heavy atom. The summed E-state index contributed by atoms with van der Waals surface area (Å²) in [7, 11) is 0. The van der Waals surface area contributed by atoms with Crippen molar-refractivity contribution < 1.29 is 9.59 Å². The van der Waals surface area contributed by atoms with Gasteiger partial charge in [0.2, 0.25) is 0 Å². The van der Waals surface area contributed by atoms with Crippen LogP contribution in [0, 0.1) is 11.3 Å². The first-order valence-corrected chi connectivity index (χ1v) is 7.33. The van der Waals surface area contributed by atoms with Crippen LogP contribution < -0.4 is 16.6 Å². The van der Waals surface area contributed by atoms with Gasteiger partial charge in [0, 0.05) is 17.7 Å². The van der Waals surface area contributed by atoms with Gasteiger partial charge >= 0.3 is 0 Å². The largest absolute Gasteiger partial charge is 0.352 e. The molecule has 114 valence electrons. The zero-order valence-electron chi connectivity index (χ0n) is 12.6. The van der Waals surface area contributed by atoms with Crippen molar-refractivity contribution in [3.05, 3.63) is 35.4 Å². The Kier molecular flexibility index (Phi) is 4.63. The van der Waals surface area contributed by atoms with Gasteiger partial charge in [-0.1, -0.05) is 20.3 Å².